The summed E-state index contributed by atoms with van der Waals surface area (Å²) >= 11 is 0. The van der Waals surface area contributed by atoms with Crippen LogP contribution >= 0.6 is 0 Å². The number of rotatable bonds is 6. The Morgan fingerprint density at radius 1 is 1.00 bits per heavy atom. The number of carbonyl (C=O) groups excluding carboxylic acids is 1. The lowest BCUT2D eigenvalue weighted by Crippen LogP contribution is -2.43. The van der Waals surface area contributed by atoms with E-state index in [0.29, 0.717) is 11.6 Å². The number of imidazole rings is 1. The molecule has 1 aliphatic carbocycles. The van der Waals surface area contributed by atoms with Crippen molar-refractivity contribution in [2.75, 3.05) is 30.8 Å². The number of nitrogen functional groups attached to an aromatic ring is 1. The minimum absolute atomic E-state index is 0.0994. The van der Waals surface area contributed by atoms with Crippen LogP contribution in [0.15, 0.2) is 79.0 Å². The number of benzene rings is 2. The summed E-state index contributed by atoms with van der Waals surface area (Å²) in [4.78, 5) is 30.6. The Bertz CT molecular complexity index is 1820. The number of hydrogen-bond acceptors (Lipinski definition) is 7. The van der Waals surface area contributed by atoms with E-state index in [1.54, 1.807) is 13.1 Å². The fraction of sp³-hybridized carbons (Fsp3) is 0.294. The number of anilines is 2. The highest BCUT2D eigenvalue weighted by Crippen LogP contribution is 2.39. The van der Waals surface area contributed by atoms with E-state index in [0.717, 1.165) is 83.7 Å². The van der Waals surface area contributed by atoms with Gasteiger partial charge in [0.25, 0.3) is 0 Å². The molecule has 0 bridgehead atoms. The Kier molecular flexibility index (Phi) is 6.62. The van der Waals surface area contributed by atoms with Crippen LogP contribution in [0, 0.1) is 0 Å². The molecule has 43 heavy (non-hydrogen) atoms. The molecule has 1 saturated heterocycles. The molecule has 0 radical (unpaired) electrons. The van der Waals surface area contributed by atoms with Crippen molar-refractivity contribution in [3.63, 3.8) is 0 Å². The first kappa shape index (κ1) is 27.1. The van der Waals surface area contributed by atoms with Crippen molar-refractivity contribution < 1.29 is 4.79 Å². The van der Waals surface area contributed by atoms with Crippen LogP contribution in [0.3, 0.4) is 0 Å². The fourth-order valence-corrected chi connectivity index (χ4v) is 6.35. The number of carbonyl (C=O) groups is 1. The van der Waals surface area contributed by atoms with Gasteiger partial charge in [-0.2, -0.15) is 0 Å². The molecule has 1 amide bonds. The molecule has 1 atom stereocenters. The Morgan fingerprint density at radius 2 is 1.81 bits per heavy atom. The number of likely N-dealkylation sites (N-methyl/N-ethyl adjacent to an activating group) is 1. The molecule has 2 aliphatic rings. The van der Waals surface area contributed by atoms with Crippen LogP contribution in [0.4, 0.5) is 11.5 Å². The summed E-state index contributed by atoms with van der Waals surface area (Å²) < 4.78 is 2.06. The van der Waals surface area contributed by atoms with Gasteiger partial charge in [-0.25, -0.2) is 15.0 Å². The van der Waals surface area contributed by atoms with E-state index < -0.39 is 0 Å². The van der Waals surface area contributed by atoms with Gasteiger partial charge in [0.1, 0.15) is 11.3 Å². The van der Waals surface area contributed by atoms with Crippen molar-refractivity contribution in [1.82, 2.24) is 24.4 Å². The second-order valence-corrected chi connectivity index (χ2v) is 11.9. The van der Waals surface area contributed by atoms with E-state index in [1.165, 1.54) is 0 Å². The van der Waals surface area contributed by atoms with Crippen molar-refractivity contribution in [3.05, 3.63) is 84.6 Å². The number of pyridine rings is 2. The molecule has 7 rings (SSSR count). The maximum absolute atomic E-state index is 11.9. The highest BCUT2D eigenvalue weighted by molar-refractivity contribution is 5.85. The molecule has 218 valence electrons. The second-order valence-electron chi connectivity index (χ2n) is 11.9. The average molecular weight is 573 g/mol. The summed E-state index contributed by atoms with van der Waals surface area (Å²) in [5.41, 5.74) is 20.1. The number of nitrogens with zero attached hydrogens (tertiary/aromatic N) is 6. The van der Waals surface area contributed by atoms with Crippen LogP contribution in [0.25, 0.3) is 39.5 Å². The summed E-state index contributed by atoms with van der Waals surface area (Å²) in [5, 5.41) is 0. The van der Waals surface area contributed by atoms with Crippen molar-refractivity contribution in [2.24, 2.45) is 5.73 Å². The molecule has 1 aliphatic heterocycles. The molecule has 9 heteroatoms. The summed E-state index contributed by atoms with van der Waals surface area (Å²) in [5.74, 6) is 1.20. The van der Waals surface area contributed by atoms with E-state index in [9.17, 15) is 4.79 Å². The largest absolute Gasteiger partial charge is 0.383 e. The van der Waals surface area contributed by atoms with Crippen molar-refractivity contribution in [3.8, 4) is 28.3 Å². The van der Waals surface area contributed by atoms with Crippen LogP contribution < -0.4 is 16.4 Å². The maximum atomic E-state index is 11.9. The van der Waals surface area contributed by atoms with Crippen LogP contribution in [-0.2, 0) is 10.3 Å². The van der Waals surface area contributed by atoms with Gasteiger partial charge in [-0.1, -0.05) is 24.3 Å². The number of hydrogen-bond donors (Lipinski definition) is 2. The van der Waals surface area contributed by atoms with E-state index in [2.05, 4.69) is 63.0 Å². The molecule has 2 aromatic carbocycles. The van der Waals surface area contributed by atoms with Gasteiger partial charge in [0.2, 0.25) is 5.91 Å². The Hall–Kier alpha value is -4.76. The molecule has 3 aromatic heterocycles. The first-order chi connectivity index (χ1) is 20.8. The summed E-state index contributed by atoms with van der Waals surface area (Å²) in [6, 6.07) is 24.9. The van der Waals surface area contributed by atoms with E-state index in [1.807, 2.05) is 36.2 Å². The third-order valence-electron chi connectivity index (χ3n) is 9.24. The lowest BCUT2D eigenvalue weighted by Gasteiger charge is -2.38. The fourth-order valence-electron chi connectivity index (χ4n) is 6.35. The SMILES string of the molecule is CC(=O)N(C)[C@H]1CCN(c2cccc(-c3ccc4nc(-c5cccnc5N)n(-c5ccc(C6(N)CCC6)cc5)c4n3)c2)C1. The maximum Gasteiger partial charge on any atom is 0.219 e. The standard InChI is InChI=1S/C34H36N8O/c1-22(43)40(2)27-15-19-41(21-27)26-7-3-6-23(20-26)29-13-14-30-33(38-29)42(32(39-30)28-8-4-18-37-31(28)35)25-11-9-24(10-12-25)34(36)16-5-17-34/h3-4,6-14,18,20,27H,5,15-17,19,21,36H2,1-2H3,(H2,35,37)/t27-/m0/s1. The Morgan fingerprint density at radius 3 is 2.53 bits per heavy atom. The number of fused-ring (bicyclic) bond motifs is 1. The van der Waals surface area contributed by atoms with Crippen molar-refractivity contribution >= 4 is 28.6 Å². The van der Waals surface area contributed by atoms with Gasteiger partial charge < -0.3 is 21.3 Å². The van der Waals surface area contributed by atoms with Crippen molar-refractivity contribution in [2.45, 2.75) is 44.2 Å². The quantitative estimate of drug-likeness (QED) is 0.290. The minimum atomic E-state index is -0.237. The molecule has 0 unspecified atom stereocenters. The van der Waals surface area contributed by atoms with Crippen LogP contribution in [-0.4, -0.2) is 56.5 Å². The third-order valence-corrected chi connectivity index (χ3v) is 9.24. The Labute approximate surface area is 251 Å². The predicted molar refractivity (Wildman–Crippen MR) is 171 cm³/mol. The lowest BCUT2D eigenvalue weighted by molar-refractivity contribution is -0.129. The molecule has 4 heterocycles. The monoisotopic (exact) mass is 572 g/mol. The first-order valence-corrected chi connectivity index (χ1v) is 14.9. The number of amides is 1. The molecule has 0 spiro atoms. The van der Waals surface area contributed by atoms with Crippen molar-refractivity contribution in [1.29, 1.82) is 0 Å². The van der Waals surface area contributed by atoms with Crippen LogP contribution in [0.1, 0.15) is 38.2 Å². The van der Waals surface area contributed by atoms with E-state index in [-0.39, 0.29) is 17.5 Å². The summed E-state index contributed by atoms with van der Waals surface area (Å²) in [6.45, 7) is 3.34. The average Bonchev–Trinajstić information content (AvgIpc) is 3.65. The zero-order valence-corrected chi connectivity index (χ0v) is 24.6. The molecular formula is C34H36N8O. The smallest absolute Gasteiger partial charge is 0.219 e. The van der Waals surface area contributed by atoms with Gasteiger partial charge >= 0.3 is 0 Å². The number of nitrogens with two attached hydrogens (primary N) is 2. The predicted octanol–water partition coefficient (Wildman–Crippen LogP) is 5.13. The molecule has 2 fully saturated rings. The zero-order valence-electron chi connectivity index (χ0n) is 24.6. The second kappa shape index (κ2) is 10.5. The highest BCUT2D eigenvalue weighted by atomic mass is 16.2. The molecular weight excluding hydrogens is 536 g/mol. The van der Waals surface area contributed by atoms with Crippen LogP contribution in [0.2, 0.25) is 0 Å². The van der Waals surface area contributed by atoms with Gasteiger partial charge in [0, 0.05) is 55.7 Å². The zero-order chi connectivity index (χ0) is 29.7. The van der Waals surface area contributed by atoms with E-state index >= 15 is 0 Å². The van der Waals surface area contributed by atoms with E-state index in [4.69, 9.17) is 21.4 Å². The molecule has 5 aromatic rings. The van der Waals surface area contributed by atoms with Gasteiger partial charge in [-0.05, 0) is 79.8 Å². The minimum Gasteiger partial charge on any atom is -0.383 e. The van der Waals surface area contributed by atoms with Gasteiger partial charge in [-0.15, -0.1) is 0 Å². The van der Waals surface area contributed by atoms with Crippen LogP contribution in [0.5, 0.6) is 0 Å². The number of aromatic nitrogens is 4. The first-order valence-electron chi connectivity index (χ1n) is 14.9. The highest BCUT2D eigenvalue weighted by Gasteiger charge is 2.34. The Balaban J connectivity index is 1.30. The van der Waals surface area contributed by atoms with Gasteiger partial charge in [0.05, 0.1) is 17.3 Å². The van der Waals surface area contributed by atoms with Gasteiger partial charge in [0.15, 0.2) is 11.5 Å². The van der Waals surface area contributed by atoms with Gasteiger partial charge in [-0.3, -0.25) is 9.36 Å². The third kappa shape index (κ3) is 4.79. The topological polar surface area (TPSA) is 119 Å². The summed E-state index contributed by atoms with van der Waals surface area (Å²) in [7, 11) is 1.89. The molecule has 4 N–H and O–H groups in total. The lowest BCUT2D eigenvalue weighted by atomic mass is 9.73. The summed E-state index contributed by atoms with van der Waals surface area (Å²) in [6.07, 6.45) is 5.81. The normalized spacial score (nSPS) is 17.7. The molecule has 1 saturated carbocycles. The molecule has 9 nitrogen and oxygen atoms in total.